The van der Waals surface area contributed by atoms with E-state index < -0.39 is 0 Å². The second-order valence-electron chi connectivity index (χ2n) is 7.21. The van der Waals surface area contributed by atoms with E-state index in [1.807, 2.05) is 6.07 Å². The van der Waals surface area contributed by atoms with Crippen molar-refractivity contribution in [2.24, 2.45) is 0 Å². The van der Waals surface area contributed by atoms with E-state index in [0.717, 1.165) is 11.4 Å². The van der Waals surface area contributed by atoms with E-state index in [9.17, 15) is 0 Å². The quantitative estimate of drug-likeness (QED) is 0.424. The molecule has 0 unspecified atom stereocenters. The first-order valence-corrected chi connectivity index (χ1v) is 8.47. The lowest BCUT2D eigenvalue weighted by Gasteiger charge is -2.22. The molecule has 1 aliphatic carbocycles. The van der Waals surface area contributed by atoms with Crippen LogP contribution < -0.4 is 5.32 Å². The maximum absolute atomic E-state index is 3.56. The summed E-state index contributed by atoms with van der Waals surface area (Å²) in [5.41, 5.74) is 5.18. The van der Waals surface area contributed by atoms with E-state index in [-0.39, 0.29) is 5.41 Å². The molecule has 1 heteroatoms. The first kappa shape index (κ1) is 13.6. The smallest absolute Gasteiger partial charge is 0.0393 e. The molecule has 1 N–H and O–H groups in total. The highest BCUT2D eigenvalue weighted by atomic mass is 14.9. The van der Waals surface area contributed by atoms with Gasteiger partial charge in [-0.15, -0.1) is 0 Å². The van der Waals surface area contributed by atoms with Crippen molar-refractivity contribution in [3.8, 4) is 0 Å². The van der Waals surface area contributed by atoms with E-state index in [4.69, 9.17) is 0 Å². The minimum Gasteiger partial charge on any atom is -0.356 e. The minimum absolute atomic E-state index is 0.0375. The molecule has 5 rings (SSSR count). The van der Waals surface area contributed by atoms with Gasteiger partial charge in [0.25, 0.3) is 0 Å². The summed E-state index contributed by atoms with van der Waals surface area (Å²) in [6.45, 7) is 4.67. The molecular formula is C23H19N. The summed E-state index contributed by atoms with van der Waals surface area (Å²) < 4.78 is 0. The van der Waals surface area contributed by atoms with Crippen LogP contribution in [0.25, 0.3) is 21.5 Å². The molecule has 4 aromatic carbocycles. The Morgan fingerprint density at radius 3 is 2.21 bits per heavy atom. The Morgan fingerprint density at radius 2 is 1.38 bits per heavy atom. The fourth-order valence-electron chi connectivity index (χ4n) is 4.16. The molecule has 0 heterocycles. The summed E-state index contributed by atoms with van der Waals surface area (Å²) in [4.78, 5) is 0. The zero-order chi connectivity index (χ0) is 16.3. The number of benzene rings is 4. The first-order valence-electron chi connectivity index (χ1n) is 8.47. The number of rotatable bonds is 2. The Bertz CT molecular complexity index is 1090. The maximum Gasteiger partial charge on any atom is 0.0393 e. The van der Waals surface area contributed by atoms with Crippen molar-refractivity contribution in [2.45, 2.75) is 19.3 Å². The molecule has 116 valence electrons. The lowest BCUT2D eigenvalue weighted by molar-refractivity contribution is 0.663. The van der Waals surface area contributed by atoms with E-state index >= 15 is 0 Å². The van der Waals surface area contributed by atoms with Gasteiger partial charge in [-0.3, -0.25) is 0 Å². The van der Waals surface area contributed by atoms with Crippen LogP contribution in [0.5, 0.6) is 0 Å². The van der Waals surface area contributed by atoms with Crippen molar-refractivity contribution in [1.82, 2.24) is 0 Å². The molecule has 0 spiro atoms. The van der Waals surface area contributed by atoms with Gasteiger partial charge in [0.05, 0.1) is 0 Å². The summed E-state index contributed by atoms with van der Waals surface area (Å²) >= 11 is 0. The number of para-hydroxylation sites is 1. The molecule has 0 saturated heterocycles. The maximum atomic E-state index is 3.56. The Balaban J connectivity index is 1.78. The van der Waals surface area contributed by atoms with Crippen molar-refractivity contribution in [1.29, 1.82) is 0 Å². The molecule has 0 aromatic heterocycles. The Morgan fingerprint density at radius 1 is 0.625 bits per heavy atom. The van der Waals surface area contributed by atoms with Gasteiger partial charge in [0.1, 0.15) is 0 Å². The third-order valence-electron chi connectivity index (χ3n) is 5.37. The second-order valence-corrected chi connectivity index (χ2v) is 7.21. The highest BCUT2D eigenvalue weighted by Crippen LogP contribution is 2.49. The predicted octanol–water partition coefficient (Wildman–Crippen LogP) is 6.38. The molecule has 0 bridgehead atoms. The molecule has 0 saturated carbocycles. The van der Waals surface area contributed by atoms with Gasteiger partial charge in [-0.1, -0.05) is 62.4 Å². The van der Waals surface area contributed by atoms with Gasteiger partial charge >= 0.3 is 0 Å². The van der Waals surface area contributed by atoms with Crippen LogP contribution in [0.15, 0.2) is 72.8 Å². The highest BCUT2D eigenvalue weighted by molar-refractivity contribution is 6.15. The third kappa shape index (κ3) is 1.75. The minimum atomic E-state index is 0.0375. The van der Waals surface area contributed by atoms with Crippen LogP contribution in [-0.4, -0.2) is 0 Å². The van der Waals surface area contributed by atoms with Crippen LogP contribution in [0.3, 0.4) is 0 Å². The molecule has 1 nitrogen and oxygen atoms in total. The molecule has 0 fully saturated rings. The molecule has 0 aliphatic heterocycles. The van der Waals surface area contributed by atoms with Gasteiger partial charge in [-0.05, 0) is 56.9 Å². The largest absolute Gasteiger partial charge is 0.356 e. The number of nitrogens with one attached hydrogen (secondary N) is 1. The van der Waals surface area contributed by atoms with Crippen LogP contribution in [0.1, 0.15) is 25.0 Å². The molecule has 24 heavy (non-hydrogen) atoms. The van der Waals surface area contributed by atoms with Crippen molar-refractivity contribution >= 4 is 32.9 Å². The van der Waals surface area contributed by atoms with Crippen molar-refractivity contribution < 1.29 is 0 Å². The molecule has 1 aliphatic rings. The van der Waals surface area contributed by atoms with E-state index in [2.05, 4.69) is 85.9 Å². The normalized spacial score (nSPS) is 14.6. The van der Waals surface area contributed by atoms with Gasteiger partial charge in [-0.25, -0.2) is 0 Å². The average Bonchev–Trinajstić information content (AvgIpc) is 2.83. The van der Waals surface area contributed by atoms with Crippen LogP contribution >= 0.6 is 0 Å². The van der Waals surface area contributed by atoms with Crippen molar-refractivity contribution in [3.05, 3.63) is 83.9 Å². The molecular weight excluding hydrogens is 290 g/mol. The summed E-state index contributed by atoms with van der Waals surface area (Å²) in [6, 6.07) is 26.2. The fraction of sp³-hybridized carbons (Fsp3) is 0.130. The summed E-state index contributed by atoms with van der Waals surface area (Å²) in [7, 11) is 0. The van der Waals surface area contributed by atoms with Crippen molar-refractivity contribution in [2.75, 3.05) is 5.32 Å². The summed E-state index contributed by atoms with van der Waals surface area (Å²) in [5, 5.41) is 9.07. The monoisotopic (exact) mass is 309 g/mol. The average molecular weight is 309 g/mol. The summed E-state index contributed by atoms with van der Waals surface area (Å²) in [6.07, 6.45) is 0. The van der Waals surface area contributed by atoms with Gasteiger partial charge in [0.2, 0.25) is 0 Å². The lowest BCUT2D eigenvalue weighted by Crippen LogP contribution is -2.15. The molecule has 0 radical (unpaired) electrons. The van der Waals surface area contributed by atoms with E-state index in [0.29, 0.717) is 0 Å². The van der Waals surface area contributed by atoms with E-state index in [1.54, 1.807) is 0 Å². The van der Waals surface area contributed by atoms with Gasteiger partial charge < -0.3 is 5.32 Å². The highest BCUT2D eigenvalue weighted by Gasteiger charge is 2.34. The molecule has 4 aromatic rings. The Hall–Kier alpha value is -2.80. The van der Waals surface area contributed by atoms with Crippen LogP contribution in [0.4, 0.5) is 11.4 Å². The number of anilines is 2. The fourth-order valence-corrected chi connectivity index (χ4v) is 4.16. The Labute approximate surface area is 141 Å². The number of hydrogen-bond acceptors (Lipinski definition) is 1. The SMILES string of the molecule is CC1(C)c2cccc3ccc4cc(Nc5ccccc5)cc1c4c23. The molecule has 0 amide bonds. The zero-order valence-corrected chi connectivity index (χ0v) is 13.9. The molecule has 0 atom stereocenters. The van der Waals surface area contributed by atoms with Crippen LogP contribution in [0.2, 0.25) is 0 Å². The second kappa shape index (κ2) is 4.61. The van der Waals surface area contributed by atoms with Gasteiger partial charge in [-0.2, -0.15) is 0 Å². The Kier molecular flexibility index (Phi) is 2.62. The van der Waals surface area contributed by atoms with Crippen LogP contribution in [-0.2, 0) is 5.41 Å². The first-order chi connectivity index (χ1) is 11.6. The predicted molar refractivity (Wildman–Crippen MR) is 103 cm³/mol. The standard InChI is InChI=1S/C23H19N/c1-23(2)19-10-6-7-15-11-12-16-13-18(14-20(23)22(16)21(15)19)24-17-8-4-3-5-9-17/h3-14,24H,1-2H3. The van der Waals surface area contributed by atoms with E-state index in [1.165, 1.54) is 32.7 Å². The lowest BCUT2D eigenvalue weighted by atomic mass is 9.81. The third-order valence-corrected chi connectivity index (χ3v) is 5.37. The summed E-state index contributed by atoms with van der Waals surface area (Å²) in [5.74, 6) is 0. The zero-order valence-electron chi connectivity index (χ0n) is 13.9. The van der Waals surface area contributed by atoms with Crippen LogP contribution in [0, 0.1) is 0 Å². The van der Waals surface area contributed by atoms with Gasteiger partial charge in [0.15, 0.2) is 0 Å². The van der Waals surface area contributed by atoms with Gasteiger partial charge in [0, 0.05) is 16.8 Å². The van der Waals surface area contributed by atoms with Crippen molar-refractivity contribution in [3.63, 3.8) is 0 Å². The number of hydrogen-bond donors (Lipinski definition) is 1. The topological polar surface area (TPSA) is 12.0 Å².